The summed E-state index contributed by atoms with van der Waals surface area (Å²) < 4.78 is 28.2. The molecule has 1 saturated heterocycles. The van der Waals surface area contributed by atoms with E-state index in [9.17, 15) is 8.42 Å². The molecule has 1 aromatic heterocycles. The first kappa shape index (κ1) is 20.8. The summed E-state index contributed by atoms with van der Waals surface area (Å²) in [5.41, 5.74) is 3.25. The Balaban J connectivity index is 1.46. The van der Waals surface area contributed by atoms with Gasteiger partial charge in [0.15, 0.2) is 5.13 Å². The van der Waals surface area contributed by atoms with Crippen LogP contribution in [0, 0.1) is 6.92 Å². The van der Waals surface area contributed by atoms with E-state index >= 15 is 0 Å². The zero-order chi connectivity index (χ0) is 20.6. The summed E-state index contributed by atoms with van der Waals surface area (Å²) in [5, 5.41) is 3.19. The predicted octanol–water partition coefficient (Wildman–Crippen LogP) is 5.05. The first-order valence-corrected chi connectivity index (χ1v) is 12.6. The largest absolute Gasteiger partial charge is 0.345 e. The lowest BCUT2D eigenvalue weighted by Crippen LogP contribution is -2.48. The molecule has 0 saturated carbocycles. The molecule has 0 atom stereocenters. The highest BCUT2D eigenvalue weighted by molar-refractivity contribution is 9.10. The van der Waals surface area contributed by atoms with Crippen LogP contribution in [-0.2, 0) is 10.0 Å². The highest BCUT2D eigenvalue weighted by atomic mass is 79.9. The summed E-state index contributed by atoms with van der Waals surface area (Å²) in [4.78, 5) is 7.03. The van der Waals surface area contributed by atoms with Gasteiger partial charge in [-0.25, -0.2) is 13.4 Å². The number of aromatic nitrogens is 1. The zero-order valence-corrected chi connectivity index (χ0v) is 19.7. The molecule has 2 aromatic carbocycles. The van der Waals surface area contributed by atoms with Gasteiger partial charge in [0.1, 0.15) is 4.90 Å². The third kappa shape index (κ3) is 4.36. The molecule has 4 rings (SSSR count). The Morgan fingerprint density at radius 3 is 2.41 bits per heavy atom. The summed E-state index contributed by atoms with van der Waals surface area (Å²) in [6.45, 7) is 4.04. The van der Waals surface area contributed by atoms with Gasteiger partial charge in [-0.2, -0.15) is 4.31 Å². The van der Waals surface area contributed by atoms with Gasteiger partial charge in [0, 0.05) is 41.6 Å². The van der Waals surface area contributed by atoms with E-state index in [0.717, 1.165) is 20.9 Å². The fraction of sp³-hybridized carbons (Fsp3) is 0.250. The lowest BCUT2D eigenvalue weighted by molar-refractivity contribution is 0.385. The second kappa shape index (κ2) is 8.35. The highest BCUT2D eigenvalue weighted by Gasteiger charge is 2.31. The van der Waals surface area contributed by atoms with Crippen molar-refractivity contribution < 1.29 is 8.42 Å². The van der Waals surface area contributed by atoms with E-state index in [4.69, 9.17) is 16.6 Å². The number of nitrogens with zero attached hydrogens (tertiary/aromatic N) is 3. The minimum absolute atomic E-state index is 0.145. The molecule has 0 bridgehead atoms. The number of thiazole rings is 1. The number of hydrogen-bond donors (Lipinski definition) is 0. The van der Waals surface area contributed by atoms with E-state index in [1.807, 2.05) is 5.38 Å². The average molecular weight is 513 g/mol. The van der Waals surface area contributed by atoms with Crippen LogP contribution in [0.25, 0.3) is 11.3 Å². The van der Waals surface area contributed by atoms with E-state index in [0.29, 0.717) is 26.2 Å². The molecular weight excluding hydrogens is 494 g/mol. The maximum Gasteiger partial charge on any atom is 0.244 e. The van der Waals surface area contributed by atoms with E-state index in [-0.39, 0.29) is 9.92 Å². The van der Waals surface area contributed by atoms with Gasteiger partial charge in [0.05, 0.1) is 10.7 Å². The number of hydrogen-bond acceptors (Lipinski definition) is 5. The van der Waals surface area contributed by atoms with Crippen molar-refractivity contribution in [2.24, 2.45) is 0 Å². The summed E-state index contributed by atoms with van der Waals surface area (Å²) >= 11 is 11.1. The number of benzene rings is 2. The van der Waals surface area contributed by atoms with Crippen LogP contribution in [0.4, 0.5) is 5.13 Å². The Kier molecular flexibility index (Phi) is 5.99. The summed E-state index contributed by atoms with van der Waals surface area (Å²) in [5.74, 6) is 0. The smallest absolute Gasteiger partial charge is 0.244 e. The van der Waals surface area contributed by atoms with Crippen LogP contribution < -0.4 is 4.90 Å². The topological polar surface area (TPSA) is 53.5 Å². The number of halogens is 2. The lowest BCUT2D eigenvalue weighted by atomic mass is 10.1. The van der Waals surface area contributed by atoms with E-state index in [2.05, 4.69) is 52.0 Å². The lowest BCUT2D eigenvalue weighted by Gasteiger charge is -2.33. The van der Waals surface area contributed by atoms with Gasteiger partial charge in [-0.3, -0.25) is 0 Å². The van der Waals surface area contributed by atoms with Gasteiger partial charge in [0.2, 0.25) is 10.0 Å². The number of piperazine rings is 1. The number of aryl methyl sites for hydroxylation is 1. The van der Waals surface area contributed by atoms with Crippen LogP contribution in [0.1, 0.15) is 5.56 Å². The third-order valence-corrected chi connectivity index (χ3v) is 8.64. The first-order valence-electron chi connectivity index (χ1n) is 9.07. The maximum absolute atomic E-state index is 13.0. The van der Waals surface area contributed by atoms with Crippen molar-refractivity contribution in [3.63, 3.8) is 0 Å². The highest BCUT2D eigenvalue weighted by Crippen LogP contribution is 2.31. The summed E-state index contributed by atoms with van der Waals surface area (Å²) in [6, 6.07) is 13.1. The minimum atomic E-state index is -3.62. The second-order valence-electron chi connectivity index (χ2n) is 6.85. The van der Waals surface area contributed by atoms with Gasteiger partial charge in [-0.05, 0) is 25.1 Å². The molecule has 0 aliphatic carbocycles. The molecule has 1 fully saturated rings. The van der Waals surface area contributed by atoms with Gasteiger partial charge in [0.25, 0.3) is 0 Å². The maximum atomic E-state index is 13.0. The monoisotopic (exact) mass is 511 g/mol. The fourth-order valence-corrected chi connectivity index (χ4v) is 6.53. The average Bonchev–Trinajstić information content (AvgIpc) is 3.18. The fourth-order valence-electron chi connectivity index (χ4n) is 3.21. The second-order valence-corrected chi connectivity index (χ2v) is 10.9. The first-order chi connectivity index (χ1) is 13.8. The van der Waals surface area contributed by atoms with Crippen LogP contribution in [0.3, 0.4) is 0 Å². The molecule has 5 nitrogen and oxygen atoms in total. The van der Waals surface area contributed by atoms with Gasteiger partial charge in [-0.1, -0.05) is 57.4 Å². The molecule has 0 amide bonds. The molecule has 0 N–H and O–H groups in total. The number of sulfonamides is 1. The van der Waals surface area contributed by atoms with Crippen molar-refractivity contribution in [2.45, 2.75) is 11.8 Å². The Hall–Kier alpha value is -1.45. The Morgan fingerprint density at radius 1 is 1.07 bits per heavy atom. The standard InChI is InChI=1S/C20H19BrClN3O2S2/c1-14-2-4-15(5-3-14)18-13-28-20(23-18)24-8-10-25(11-9-24)29(26,27)19-7-6-16(21)12-17(19)22/h2-7,12-13H,8-11H2,1H3. The van der Waals surface area contributed by atoms with Crippen molar-refractivity contribution >= 4 is 54.0 Å². The van der Waals surface area contributed by atoms with Crippen molar-refractivity contribution in [2.75, 3.05) is 31.1 Å². The van der Waals surface area contributed by atoms with Crippen LogP contribution in [0.5, 0.6) is 0 Å². The quantitative estimate of drug-likeness (QED) is 0.491. The molecule has 0 unspecified atom stereocenters. The molecule has 29 heavy (non-hydrogen) atoms. The van der Waals surface area contributed by atoms with Crippen molar-refractivity contribution in [3.8, 4) is 11.3 Å². The molecule has 1 aliphatic heterocycles. The van der Waals surface area contributed by atoms with Crippen LogP contribution in [0.15, 0.2) is 57.2 Å². The molecule has 0 radical (unpaired) electrons. The van der Waals surface area contributed by atoms with Crippen molar-refractivity contribution in [3.05, 3.63) is 62.9 Å². The summed E-state index contributed by atoms with van der Waals surface area (Å²) in [6.07, 6.45) is 0. The number of rotatable bonds is 4. The van der Waals surface area contributed by atoms with Crippen LogP contribution in [-0.4, -0.2) is 43.9 Å². The predicted molar refractivity (Wildman–Crippen MR) is 122 cm³/mol. The Bertz CT molecular complexity index is 1120. The van der Waals surface area contributed by atoms with Gasteiger partial charge in [-0.15, -0.1) is 11.3 Å². The molecule has 9 heteroatoms. The molecule has 3 aromatic rings. The Morgan fingerprint density at radius 2 is 1.76 bits per heavy atom. The van der Waals surface area contributed by atoms with Crippen LogP contribution >= 0.6 is 38.9 Å². The van der Waals surface area contributed by atoms with E-state index in [1.165, 1.54) is 9.87 Å². The SMILES string of the molecule is Cc1ccc(-c2csc(N3CCN(S(=O)(=O)c4ccc(Br)cc4Cl)CC3)n2)cc1. The normalized spacial score (nSPS) is 15.6. The Labute approximate surface area is 188 Å². The zero-order valence-electron chi connectivity index (χ0n) is 15.7. The minimum Gasteiger partial charge on any atom is -0.345 e. The van der Waals surface area contributed by atoms with E-state index < -0.39 is 10.0 Å². The molecule has 2 heterocycles. The van der Waals surface area contributed by atoms with Gasteiger partial charge < -0.3 is 4.90 Å². The van der Waals surface area contributed by atoms with Crippen LogP contribution in [0.2, 0.25) is 5.02 Å². The summed E-state index contributed by atoms with van der Waals surface area (Å²) in [7, 11) is -3.62. The molecule has 0 spiro atoms. The van der Waals surface area contributed by atoms with E-state index in [1.54, 1.807) is 29.5 Å². The van der Waals surface area contributed by atoms with Crippen molar-refractivity contribution in [1.82, 2.24) is 9.29 Å². The molecular formula is C20H19BrClN3O2S2. The van der Waals surface area contributed by atoms with Crippen molar-refractivity contribution in [1.29, 1.82) is 0 Å². The van der Waals surface area contributed by atoms with Gasteiger partial charge >= 0.3 is 0 Å². The third-order valence-electron chi connectivity index (χ3n) is 4.86. The molecule has 1 aliphatic rings. The number of anilines is 1. The molecule has 152 valence electrons.